The van der Waals surface area contributed by atoms with E-state index in [2.05, 4.69) is 17.3 Å². The molecule has 4 atom stereocenters. The number of nitrogens with zero attached hydrogens (tertiary/aromatic N) is 3. The summed E-state index contributed by atoms with van der Waals surface area (Å²) in [6, 6.07) is 0.124. The number of carbonyl (C=O) groups excluding carboxylic acids is 1. The highest BCUT2D eigenvalue weighted by molar-refractivity contribution is 6.33. The molecule has 0 spiro atoms. The molecule has 0 aromatic carbocycles. The van der Waals surface area contributed by atoms with Crippen molar-refractivity contribution in [3.8, 4) is 0 Å². The van der Waals surface area contributed by atoms with Gasteiger partial charge in [0.1, 0.15) is 6.54 Å². The molecule has 1 aromatic heterocycles. The van der Waals surface area contributed by atoms with E-state index >= 15 is 0 Å². The van der Waals surface area contributed by atoms with Gasteiger partial charge in [-0.1, -0.05) is 18.0 Å². The van der Waals surface area contributed by atoms with E-state index < -0.39 is 10.7 Å². The Morgan fingerprint density at radius 2 is 2.26 bits per heavy atom. The summed E-state index contributed by atoms with van der Waals surface area (Å²) < 4.78 is 1.29. The quantitative estimate of drug-likeness (QED) is 0.659. The first kappa shape index (κ1) is 16.2. The zero-order chi connectivity index (χ0) is 16.7. The molecule has 3 rings (SSSR count). The summed E-state index contributed by atoms with van der Waals surface area (Å²) >= 11 is 5.89. The number of amides is 1. The summed E-state index contributed by atoms with van der Waals surface area (Å²) in [4.78, 5) is 22.4. The second-order valence-corrected chi connectivity index (χ2v) is 7.21. The minimum absolute atomic E-state index is 0.0102. The molecule has 2 fully saturated rings. The molecule has 0 radical (unpaired) electrons. The van der Waals surface area contributed by atoms with Crippen molar-refractivity contribution in [1.82, 2.24) is 15.1 Å². The van der Waals surface area contributed by atoms with E-state index in [0.717, 1.165) is 11.8 Å². The van der Waals surface area contributed by atoms with E-state index in [1.54, 1.807) is 6.92 Å². The number of aromatic nitrogens is 2. The largest absolute Gasteiger partial charge is 0.408 e. The highest BCUT2D eigenvalue weighted by atomic mass is 35.5. The van der Waals surface area contributed by atoms with Gasteiger partial charge < -0.3 is 15.4 Å². The first-order chi connectivity index (χ1) is 10.9. The average molecular weight is 341 g/mol. The normalized spacial score (nSPS) is 27.2. The van der Waals surface area contributed by atoms with Crippen molar-refractivity contribution in [2.75, 3.05) is 0 Å². The average Bonchev–Trinajstić information content (AvgIpc) is 3.17. The Labute approximate surface area is 139 Å². The van der Waals surface area contributed by atoms with Crippen molar-refractivity contribution in [3.63, 3.8) is 0 Å². The Hall–Kier alpha value is -1.63. The predicted molar refractivity (Wildman–Crippen MR) is 85.2 cm³/mol. The number of hydrogen-bond donors (Lipinski definition) is 1. The molecule has 2 aliphatic rings. The summed E-state index contributed by atoms with van der Waals surface area (Å²) in [5.74, 6) is 1.53. The van der Waals surface area contributed by atoms with Crippen molar-refractivity contribution in [1.29, 1.82) is 0 Å². The Morgan fingerprint density at radius 1 is 1.52 bits per heavy atom. The van der Waals surface area contributed by atoms with Gasteiger partial charge in [0.2, 0.25) is 5.91 Å². The second kappa shape index (κ2) is 6.11. The van der Waals surface area contributed by atoms with Crippen molar-refractivity contribution >= 4 is 23.3 Å². The van der Waals surface area contributed by atoms with Crippen LogP contribution in [0.15, 0.2) is 0 Å². The van der Waals surface area contributed by atoms with E-state index in [1.165, 1.54) is 30.4 Å². The van der Waals surface area contributed by atoms with Crippen molar-refractivity contribution in [2.45, 2.75) is 52.1 Å². The lowest BCUT2D eigenvalue weighted by molar-refractivity contribution is -0.389. The minimum atomic E-state index is -0.637. The Balaban J connectivity index is 1.61. The van der Waals surface area contributed by atoms with Gasteiger partial charge >= 0.3 is 5.82 Å². The maximum absolute atomic E-state index is 12.2. The molecule has 8 heteroatoms. The van der Waals surface area contributed by atoms with Gasteiger partial charge in [-0.25, -0.2) is 0 Å². The molecule has 1 N–H and O–H groups in total. The maximum Gasteiger partial charge on any atom is 0.408 e. The fourth-order valence-electron chi connectivity index (χ4n) is 4.23. The summed E-state index contributed by atoms with van der Waals surface area (Å²) in [6.07, 6.45) is 5.10. The standard InChI is InChI=1S/C15H21ClN4O3/c1-8(12-6-10-3-4-11(12)5-10)17-13(21)7-19-9(2)14(16)15(18-19)20(22)23/h8,10-12H,3-7H2,1-2H3,(H,17,21)/t8-,10+,11+,12-/m1/s1. The number of rotatable bonds is 5. The van der Waals surface area contributed by atoms with Gasteiger partial charge in [-0.05, 0) is 55.8 Å². The first-order valence-electron chi connectivity index (χ1n) is 8.03. The molecule has 0 unspecified atom stereocenters. The third-order valence-electron chi connectivity index (χ3n) is 5.41. The number of carbonyl (C=O) groups is 1. The highest BCUT2D eigenvalue weighted by Crippen LogP contribution is 2.49. The fraction of sp³-hybridized carbons (Fsp3) is 0.733. The Morgan fingerprint density at radius 3 is 2.78 bits per heavy atom. The van der Waals surface area contributed by atoms with Crippen LogP contribution < -0.4 is 5.32 Å². The monoisotopic (exact) mass is 340 g/mol. The van der Waals surface area contributed by atoms with Gasteiger partial charge in [0, 0.05) is 6.04 Å². The lowest BCUT2D eigenvalue weighted by atomic mass is 9.84. The minimum Gasteiger partial charge on any atom is -0.358 e. The SMILES string of the molecule is Cc1c(Cl)c([N+](=O)[O-])nn1CC(=O)N[C@H](C)[C@H]1C[C@H]2CC[C@H]1C2. The molecule has 0 saturated heterocycles. The molecular formula is C15H21ClN4O3. The molecule has 7 nitrogen and oxygen atoms in total. The van der Waals surface area contributed by atoms with Gasteiger partial charge in [-0.15, -0.1) is 0 Å². The van der Waals surface area contributed by atoms with Gasteiger partial charge in [0.15, 0.2) is 5.02 Å². The maximum atomic E-state index is 12.2. The molecule has 0 aliphatic heterocycles. The van der Waals surface area contributed by atoms with Crippen LogP contribution >= 0.6 is 11.6 Å². The van der Waals surface area contributed by atoms with Crippen LogP contribution in [0, 0.1) is 34.8 Å². The molecule has 23 heavy (non-hydrogen) atoms. The van der Waals surface area contributed by atoms with Crippen LogP contribution in [0.1, 0.15) is 38.3 Å². The zero-order valence-corrected chi connectivity index (χ0v) is 14.0. The fourth-order valence-corrected chi connectivity index (χ4v) is 4.43. The third kappa shape index (κ3) is 3.06. The van der Waals surface area contributed by atoms with Gasteiger partial charge in [0.05, 0.1) is 10.8 Å². The van der Waals surface area contributed by atoms with Crippen LogP contribution in [0.25, 0.3) is 0 Å². The Kier molecular flexibility index (Phi) is 4.31. The second-order valence-electron chi connectivity index (χ2n) is 6.83. The number of halogens is 1. The van der Waals surface area contributed by atoms with Crippen LogP contribution in [0.5, 0.6) is 0 Å². The molecular weight excluding hydrogens is 320 g/mol. The number of fused-ring (bicyclic) bond motifs is 2. The van der Waals surface area contributed by atoms with Crippen LogP contribution in [0.2, 0.25) is 5.02 Å². The van der Waals surface area contributed by atoms with E-state index in [4.69, 9.17) is 11.6 Å². The van der Waals surface area contributed by atoms with Crippen LogP contribution in [0.3, 0.4) is 0 Å². The van der Waals surface area contributed by atoms with Gasteiger partial charge in [0.25, 0.3) is 0 Å². The number of hydrogen-bond acceptors (Lipinski definition) is 4. The third-order valence-corrected chi connectivity index (χ3v) is 5.85. The molecule has 1 aromatic rings. The molecule has 2 aliphatic carbocycles. The zero-order valence-electron chi connectivity index (χ0n) is 13.3. The molecule has 126 valence electrons. The van der Waals surface area contributed by atoms with E-state index in [0.29, 0.717) is 11.6 Å². The van der Waals surface area contributed by atoms with Crippen molar-refractivity contribution in [3.05, 3.63) is 20.8 Å². The van der Waals surface area contributed by atoms with Crippen molar-refractivity contribution < 1.29 is 9.72 Å². The molecule has 2 bridgehead atoms. The lowest BCUT2D eigenvalue weighted by Crippen LogP contribution is -2.41. The van der Waals surface area contributed by atoms with Crippen molar-refractivity contribution in [2.24, 2.45) is 17.8 Å². The highest BCUT2D eigenvalue weighted by Gasteiger charge is 2.42. The molecule has 1 amide bonds. The topological polar surface area (TPSA) is 90.1 Å². The first-order valence-corrected chi connectivity index (χ1v) is 8.41. The van der Waals surface area contributed by atoms with Crippen LogP contribution in [-0.4, -0.2) is 26.7 Å². The van der Waals surface area contributed by atoms with E-state index in [1.807, 2.05) is 0 Å². The van der Waals surface area contributed by atoms with Crippen LogP contribution in [0.4, 0.5) is 5.82 Å². The number of nitrogens with one attached hydrogen (secondary N) is 1. The summed E-state index contributed by atoms with van der Waals surface area (Å²) in [6.45, 7) is 3.62. The lowest BCUT2D eigenvalue weighted by Gasteiger charge is -2.28. The smallest absolute Gasteiger partial charge is 0.358 e. The summed E-state index contributed by atoms with van der Waals surface area (Å²) in [5, 5.41) is 17.7. The van der Waals surface area contributed by atoms with E-state index in [-0.39, 0.29) is 23.5 Å². The number of nitro groups is 1. The predicted octanol–water partition coefficient (Wildman–Crippen LogP) is 2.69. The summed E-state index contributed by atoms with van der Waals surface area (Å²) in [7, 11) is 0. The Bertz CT molecular complexity index is 645. The molecule has 2 saturated carbocycles. The molecule has 1 heterocycles. The van der Waals surface area contributed by atoms with Gasteiger partial charge in [-0.2, -0.15) is 4.68 Å². The van der Waals surface area contributed by atoms with E-state index in [9.17, 15) is 14.9 Å². The van der Waals surface area contributed by atoms with Gasteiger partial charge in [-0.3, -0.25) is 4.79 Å². The summed E-state index contributed by atoms with van der Waals surface area (Å²) in [5.41, 5.74) is 0.432. The van der Waals surface area contributed by atoms with Crippen LogP contribution in [-0.2, 0) is 11.3 Å².